The Balaban J connectivity index is 1.78. The molecule has 1 aromatic rings. The molecular weight excluding hydrogens is 311 g/mol. The van der Waals surface area contributed by atoms with Crippen LogP contribution in [0.25, 0.3) is 0 Å². The van der Waals surface area contributed by atoms with Crippen LogP contribution in [0.4, 0.5) is 18.9 Å². The molecule has 1 aromatic carbocycles. The first kappa shape index (κ1) is 17.3. The van der Waals surface area contributed by atoms with Crippen LogP contribution in [0.15, 0.2) is 24.3 Å². The molecule has 0 saturated heterocycles. The molecule has 5 nitrogen and oxygen atoms in total. The molecule has 8 heteroatoms. The molecule has 3 N–H and O–H groups in total. The maximum Gasteiger partial charge on any atom is 0.416 e. The summed E-state index contributed by atoms with van der Waals surface area (Å²) in [7, 11) is 1.71. The maximum atomic E-state index is 12.4. The molecule has 1 aliphatic rings. The first-order valence-electron chi connectivity index (χ1n) is 7.32. The van der Waals surface area contributed by atoms with Gasteiger partial charge in [0.1, 0.15) is 0 Å². The molecule has 0 heterocycles. The highest BCUT2D eigenvalue weighted by Gasteiger charge is 2.30. The third-order valence-electron chi connectivity index (χ3n) is 3.36. The van der Waals surface area contributed by atoms with E-state index in [0.29, 0.717) is 10.6 Å². The Morgan fingerprint density at radius 3 is 2.22 bits per heavy atom. The van der Waals surface area contributed by atoms with Crippen molar-refractivity contribution < 1.29 is 27.7 Å². The standard InChI is InChI=1S/C15H18F3N3O2/c1-21(9-14(23)20-12-6-7-12)8-13(22)19-11-4-2-10(3-5-11)15(16,17)18/h2-5,12H,6-9H2,1H3,(H,19,22)(H,20,23)/p+1. The molecule has 0 bridgehead atoms. The molecule has 0 aliphatic heterocycles. The summed E-state index contributed by atoms with van der Waals surface area (Å²) < 4.78 is 37.3. The maximum absolute atomic E-state index is 12.4. The number of alkyl halides is 3. The number of quaternary nitrogens is 1. The van der Waals surface area contributed by atoms with Gasteiger partial charge in [-0.25, -0.2) is 0 Å². The van der Waals surface area contributed by atoms with Crippen LogP contribution in [0, 0.1) is 0 Å². The van der Waals surface area contributed by atoms with Crippen molar-refractivity contribution in [2.75, 3.05) is 25.5 Å². The van der Waals surface area contributed by atoms with E-state index in [1.807, 2.05) is 0 Å². The predicted molar refractivity (Wildman–Crippen MR) is 77.9 cm³/mol. The van der Waals surface area contributed by atoms with E-state index in [-0.39, 0.29) is 30.9 Å². The Labute approximate surface area is 131 Å². The number of likely N-dealkylation sites (N-methyl/N-ethyl adjacent to an activating group) is 1. The number of hydrogen-bond donors (Lipinski definition) is 3. The Bertz CT molecular complexity index is 568. The normalized spacial score (nSPS) is 15.8. The van der Waals surface area contributed by atoms with Gasteiger partial charge >= 0.3 is 6.18 Å². The van der Waals surface area contributed by atoms with Gasteiger partial charge in [0.15, 0.2) is 13.1 Å². The summed E-state index contributed by atoms with van der Waals surface area (Å²) in [6.45, 7) is 0.232. The number of hydrogen-bond acceptors (Lipinski definition) is 2. The monoisotopic (exact) mass is 330 g/mol. The van der Waals surface area contributed by atoms with Crippen LogP contribution in [0.3, 0.4) is 0 Å². The van der Waals surface area contributed by atoms with E-state index in [0.717, 1.165) is 25.0 Å². The second-order valence-corrected chi connectivity index (χ2v) is 5.78. The first-order chi connectivity index (χ1) is 10.7. The van der Waals surface area contributed by atoms with Crippen LogP contribution in [-0.2, 0) is 15.8 Å². The van der Waals surface area contributed by atoms with Crippen LogP contribution < -0.4 is 15.5 Å². The highest BCUT2D eigenvalue weighted by Crippen LogP contribution is 2.29. The summed E-state index contributed by atoms with van der Waals surface area (Å²) in [5, 5.41) is 5.35. The molecule has 1 aliphatic carbocycles. The lowest BCUT2D eigenvalue weighted by atomic mass is 10.2. The molecule has 1 fully saturated rings. The zero-order valence-corrected chi connectivity index (χ0v) is 12.7. The van der Waals surface area contributed by atoms with Crippen LogP contribution >= 0.6 is 0 Å². The van der Waals surface area contributed by atoms with Gasteiger partial charge in [0.05, 0.1) is 12.6 Å². The Kier molecular flexibility index (Phi) is 5.25. The average Bonchev–Trinajstić information content (AvgIpc) is 3.21. The molecular formula is C15H19F3N3O2+. The van der Waals surface area contributed by atoms with Crippen molar-refractivity contribution in [1.82, 2.24) is 5.32 Å². The number of carbonyl (C=O) groups excluding carboxylic acids is 2. The molecule has 0 radical (unpaired) electrons. The predicted octanol–water partition coefficient (Wildman–Crippen LogP) is 0.437. The van der Waals surface area contributed by atoms with Gasteiger partial charge in [-0.3, -0.25) is 9.59 Å². The number of benzene rings is 1. The molecule has 126 valence electrons. The quantitative estimate of drug-likeness (QED) is 0.709. The second kappa shape index (κ2) is 6.99. The fraction of sp³-hybridized carbons (Fsp3) is 0.467. The number of carbonyl (C=O) groups is 2. The van der Waals surface area contributed by atoms with Gasteiger partial charge in [-0.15, -0.1) is 0 Å². The molecule has 2 amide bonds. The van der Waals surface area contributed by atoms with Gasteiger partial charge in [-0.2, -0.15) is 13.2 Å². The number of halogens is 3. The Morgan fingerprint density at radius 2 is 1.70 bits per heavy atom. The van der Waals surface area contributed by atoms with E-state index in [9.17, 15) is 22.8 Å². The van der Waals surface area contributed by atoms with Crippen LogP contribution in [0.2, 0.25) is 0 Å². The topological polar surface area (TPSA) is 62.6 Å². The van der Waals surface area contributed by atoms with Gasteiger partial charge in [-0.05, 0) is 37.1 Å². The van der Waals surface area contributed by atoms with Crippen molar-refractivity contribution in [2.45, 2.75) is 25.1 Å². The SMILES string of the molecule is C[NH+](CC(=O)Nc1ccc(C(F)(F)F)cc1)CC(=O)NC1CC1. The van der Waals surface area contributed by atoms with Crippen molar-refractivity contribution in [3.63, 3.8) is 0 Å². The largest absolute Gasteiger partial charge is 0.416 e. The van der Waals surface area contributed by atoms with Crippen molar-refractivity contribution in [3.05, 3.63) is 29.8 Å². The molecule has 1 atom stereocenters. The van der Waals surface area contributed by atoms with Crippen molar-refractivity contribution in [2.24, 2.45) is 0 Å². The van der Waals surface area contributed by atoms with Crippen molar-refractivity contribution >= 4 is 17.5 Å². The highest BCUT2D eigenvalue weighted by atomic mass is 19.4. The number of nitrogens with one attached hydrogen (secondary N) is 3. The van der Waals surface area contributed by atoms with Crippen LogP contribution in [-0.4, -0.2) is 38.0 Å². The smallest absolute Gasteiger partial charge is 0.348 e. The van der Waals surface area contributed by atoms with E-state index in [2.05, 4.69) is 10.6 Å². The molecule has 1 saturated carbocycles. The van der Waals surface area contributed by atoms with E-state index in [1.54, 1.807) is 7.05 Å². The molecule has 0 spiro atoms. The zero-order chi connectivity index (χ0) is 17.0. The highest BCUT2D eigenvalue weighted by molar-refractivity contribution is 5.91. The lowest BCUT2D eigenvalue weighted by Crippen LogP contribution is -3.11. The summed E-state index contributed by atoms with van der Waals surface area (Å²) in [4.78, 5) is 24.1. The van der Waals surface area contributed by atoms with Gasteiger partial charge in [0.2, 0.25) is 0 Å². The fourth-order valence-corrected chi connectivity index (χ4v) is 2.06. The van der Waals surface area contributed by atoms with Gasteiger partial charge in [0.25, 0.3) is 11.8 Å². The van der Waals surface area contributed by atoms with E-state index < -0.39 is 11.7 Å². The minimum Gasteiger partial charge on any atom is -0.348 e. The van der Waals surface area contributed by atoms with E-state index in [1.165, 1.54) is 12.1 Å². The third-order valence-corrected chi connectivity index (χ3v) is 3.36. The first-order valence-corrected chi connectivity index (χ1v) is 7.32. The number of anilines is 1. The van der Waals surface area contributed by atoms with E-state index in [4.69, 9.17) is 0 Å². The van der Waals surface area contributed by atoms with Crippen molar-refractivity contribution in [1.29, 1.82) is 0 Å². The molecule has 2 rings (SSSR count). The van der Waals surface area contributed by atoms with Gasteiger partial charge in [-0.1, -0.05) is 0 Å². The molecule has 23 heavy (non-hydrogen) atoms. The molecule has 0 aromatic heterocycles. The fourth-order valence-electron chi connectivity index (χ4n) is 2.06. The van der Waals surface area contributed by atoms with E-state index >= 15 is 0 Å². The Hall–Kier alpha value is -2.09. The second-order valence-electron chi connectivity index (χ2n) is 5.78. The summed E-state index contributed by atoms with van der Waals surface area (Å²) in [6, 6.07) is 4.51. The van der Waals surface area contributed by atoms with Gasteiger partial charge in [0, 0.05) is 11.7 Å². The molecule has 1 unspecified atom stereocenters. The lowest BCUT2D eigenvalue weighted by molar-refractivity contribution is -0.862. The third kappa shape index (κ3) is 5.90. The summed E-state index contributed by atoms with van der Waals surface area (Å²) in [6.07, 6.45) is -2.40. The number of amides is 2. The van der Waals surface area contributed by atoms with Crippen LogP contribution in [0.1, 0.15) is 18.4 Å². The average molecular weight is 330 g/mol. The number of rotatable bonds is 6. The lowest BCUT2D eigenvalue weighted by Gasteiger charge is -2.14. The minimum atomic E-state index is -4.40. The van der Waals surface area contributed by atoms with Crippen LogP contribution in [0.5, 0.6) is 0 Å². The summed E-state index contributed by atoms with van der Waals surface area (Å²) in [5.41, 5.74) is -0.478. The summed E-state index contributed by atoms with van der Waals surface area (Å²) in [5.74, 6) is -0.464. The Morgan fingerprint density at radius 1 is 1.13 bits per heavy atom. The minimum absolute atomic E-state index is 0.0547. The summed E-state index contributed by atoms with van der Waals surface area (Å²) >= 11 is 0. The zero-order valence-electron chi connectivity index (χ0n) is 12.7. The van der Waals surface area contributed by atoms with Gasteiger partial charge < -0.3 is 15.5 Å². The van der Waals surface area contributed by atoms with Crippen molar-refractivity contribution in [3.8, 4) is 0 Å².